The zero-order valence-electron chi connectivity index (χ0n) is 11.1. The lowest BCUT2D eigenvalue weighted by molar-refractivity contribution is -0.127. The van der Waals surface area contributed by atoms with E-state index >= 15 is 0 Å². The van der Waals surface area contributed by atoms with Crippen molar-refractivity contribution in [2.75, 3.05) is 6.54 Å². The maximum Gasteiger partial charge on any atom is 0.237 e. The Balaban J connectivity index is 2.12. The standard InChI is InChI=1S/C14H20N2O2/c1-13(2,3)15-9-8-14-7-5-4-6-10(14)11(17)16-12(14)18/h4-7,10,15H,8-9H2,1-3H3,(H,16,17,18). The topological polar surface area (TPSA) is 58.2 Å². The second-order valence-electron chi connectivity index (χ2n) is 6.01. The van der Waals surface area contributed by atoms with Gasteiger partial charge in [0.1, 0.15) is 0 Å². The fraction of sp³-hybridized carbons (Fsp3) is 0.571. The summed E-state index contributed by atoms with van der Waals surface area (Å²) in [5.74, 6) is -0.707. The van der Waals surface area contributed by atoms with Crippen molar-refractivity contribution in [1.82, 2.24) is 10.6 Å². The lowest BCUT2D eigenvalue weighted by Gasteiger charge is -2.30. The van der Waals surface area contributed by atoms with Crippen LogP contribution in [0.1, 0.15) is 27.2 Å². The van der Waals surface area contributed by atoms with E-state index < -0.39 is 5.41 Å². The number of hydrogen-bond donors (Lipinski definition) is 2. The summed E-state index contributed by atoms with van der Waals surface area (Å²) in [6, 6.07) is 0. The van der Waals surface area contributed by atoms with Crippen LogP contribution < -0.4 is 10.6 Å². The average Bonchev–Trinajstić information content (AvgIpc) is 2.50. The van der Waals surface area contributed by atoms with Crippen LogP contribution in [-0.4, -0.2) is 23.9 Å². The van der Waals surface area contributed by atoms with Gasteiger partial charge in [0.05, 0.1) is 11.3 Å². The highest BCUT2D eigenvalue weighted by atomic mass is 16.2. The van der Waals surface area contributed by atoms with E-state index in [1.54, 1.807) is 0 Å². The molecule has 2 unspecified atom stereocenters. The van der Waals surface area contributed by atoms with Gasteiger partial charge in [-0.05, 0) is 33.7 Å². The van der Waals surface area contributed by atoms with Crippen LogP contribution in [0.5, 0.6) is 0 Å². The monoisotopic (exact) mass is 248 g/mol. The largest absolute Gasteiger partial charge is 0.312 e. The van der Waals surface area contributed by atoms with E-state index in [4.69, 9.17) is 0 Å². The van der Waals surface area contributed by atoms with Crippen LogP contribution in [0.4, 0.5) is 0 Å². The molecule has 2 N–H and O–H groups in total. The average molecular weight is 248 g/mol. The molecule has 2 atom stereocenters. The molecule has 0 aromatic carbocycles. The number of carbonyl (C=O) groups excluding carboxylic acids is 2. The van der Waals surface area contributed by atoms with E-state index in [0.717, 1.165) is 0 Å². The summed E-state index contributed by atoms with van der Waals surface area (Å²) in [6.45, 7) is 6.95. The lowest BCUT2D eigenvalue weighted by Crippen LogP contribution is -2.41. The third-order valence-corrected chi connectivity index (χ3v) is 3.50. The van der Waals surface area contributed by atoms with Gasteiger partial charge in [-0.25, -0.2) is 0 Å². The van der Waals surface area contributed by atoms with Gasteiger partial charge in [0, 0.05) is 5.54 Å². The van der Waals surface area contributed by atoms with Crippen LogP contribution in [0.25, 0.3) is 0 Å². The lowest BCUT2D eigenvalue weighted by atomic mass is 9.72. The molecule has 18 heavy (non-hydrogen) atoms. The SMILES string of the molecule is CC(C)(C)NCCC12C=CC=CC1C(=O)NC2=O. The Kier molecular flexibility index (Phi) is 3.15. The first-order valence-electron chi connectivity index (χ1n) is 6.31. The van der Waals surface area contributed by atoms with Crippen molar-refractivity contribution >= 4 is 11.8 Å². The highest BCUT2D eigenvalue weighted by Gasteiger charge is 2.52. The Labute approximate surface area is 108 Å². The number of rotatable bonds is 3. The first kappa shape index (κ1) is 13.0. The quantitative estimate of drug-likeness (QED) is 0.737. The van der Waals surface area contributed by atoms with Crippen LogP contribution in [-0.2, 0) is 9.59 Å². The Morgan fingerprint density at radius 1 is 1.33 bits per heavy atom. The molecule has 1 aliphatic heterocycles. The molecule has 2 amide bonds. The summed E-state index contributed by atoms with van der Waals surface area (Å²) in [6.07, 6.45) is 8.00. The summed E-state index contributed by atoms with van der Waals surface area (Å²) >= 11 is 0. The van der Waals surface area contributed by atoms with Crippen molar-refractivity contribution < 1.29 is 9.59 Å². The summed E-state index contributed by atoms with van der Waals surface area (Å²) < 4.78 is 0. The molecule has 1 fully saturated rings. The number of fused-ring (bicyclic) bond motifs is 1. The Morgan fingerprint density at radius 3 is 2.72 bits per heavy atom. The minimum absolute atomic E-state index is 0.0133. The molecule has 0 aromatic rings. The molecular weight excluding hydrogens is 228 g/mol. The van der Waals surface area contributed by atoms with Gasteiger partial charge in [-0.3, -0.25) is 14.9 Å². The van der Waals surface area contributed by atoms with Crippen molar-refractivity contribution in [1.29, 1.82) is 0 Å². The van der Waals surface area contributed by atoms with Crippen LogP contribution >= 0.6 is 0 Å². The Morgan fingerprint density at radius 2 is 2.06 bits per heavy atom. The number of nitrogens with one attached hydrogen (secondary N) is 2. The molecule has 1 saturated heterocycles. The molecule has 0 spiro atoms. The number of hydrogen-bond acceptors (Lipinski definition) is 3. The highest BCUT2D eigenvalue weighted by Crippen LogP contribution is 2.41. The molecule has 4 heteroatoms. The van der Waals surface area contributed by atoms with Crippen molar-refractivity contribution in [2.45, 2.75) is 32.7 Å². The van der Waals surface area contributed by atoms with E-state index in [0.29, 0.717) is 13.0 Å². The molecule has 0 aromatic heterocycles. The Hall–Kier alpha value is -1.42. The molecule has 4 nitrogen and oxygen atoms in total. The van der Waals surface area contributed by atoms with Crippen LogP contribution in [0.2, 0.25) is 0 Å². The highest BCUT2D eigenvalue weighted by molar-refractivity contribution is 6.09. The van der Waals surface area contributed by atoms with Gasteiger partial charge >= 0.3 is 0 Å². The third-order valence-electron chi connectivity index (χ3n) is 3.50. The van der Waals surface area contributed by atoms with E-state index in [-0.39, 0.29) is 23.3 Å². The first-order chi connectivity index (χ1) is 8.35. The summed E-state index contributed by atoms with van der Waals surface area (Å²) in [7, 11) is 0. The van der Waals surface area contributed by atoms with E-state index in [1.807, 2.05) is 24.3 Å². The van der Waals surface area contributed by atoms with E-state index in [1.165, 1.54) is 0 Å². The van der Waals surface area contributed by atoms with Crippen LogP contribution in [0.15, 0.2) is 24.3 Å². The number of imide groups is 1. The number of carbonyl (C=O) groups is 2. The summed E-state index contributed by atoms with van der Waals surface area (Å²) in [5, 5.41) is 5.80. The zero-order chi connectivity index (χ0) is 13.4. The third kappa shape index (κ3) is 2.25. The molecule has 0 radical (unpaired) electrons. The molecule has 1 heterocycles. The second kappa shape index (κ2) is 4.35. The molecule has 0 bridgehead atoms. The number of amides is 2. The fourth-order valence-electron chi connectivity index (χ4n) is 2.52. The maximum absolute atomic E-state index is 12.1. The van der Waals surface area contributed by atoms with Gasteiger partial charge in [0.25, 0.3) is 0 Å². The minimum atomic E-state index is -0.690. The maximum atomic E-state index is 12.1. The van der Waals surface area contributed by atoms with Gasteiger partial charge in [-0.2, -0.15) is 0 Å². The van der Waals surface area contributed by atoms with Gasteiger partial charge in [0.15, 0.2) is 0 Å². The van der Waals surface area contributed by atoms with Crippen molar-refractivity contribution in [3.63, 3.8) is 0 Å². The van der Waals surface area contributed by atoms with Gasteiger partial charge < -0.3 is 5.32 Å². The van der Waals surface area contributed by atoms with Crippen molar-refractivity contribution in [3.8, 4) is 0 Å². The van der Waals surface area contributed by atoms with Gasteiger partial charge in [-0.1, -0.05) is 24.3 Å². The van der Waals surface area contributed by atoms with Crippen LogP contribution in [0.3, 0.4) is 0 Å². The normalized spacial score (nSPS) is 30.5. The first-order valence-corrected chi connectivity index (χ1v) is 6.31. The molecule has 2 aliphatic rings. The molecule has 1 aliphatic carbocycles. The van der Waals surface area contributed by atoms with Crippen molar-refractivity contribution in [3.05, 3.63) is 24.3 Å². The smallest absolute Gasteiger partial charge is 0.237 e. The second-order valence-corrected chi connectivity index (χ2v) is 6.01. The summed E-state index contributed by atoms with van der Waals surface area (Å²) in [4.78, 5) is 23.8. The molecule has 2 rings (SSSR count). The predicted molar refractivity (Wildman–Crippen MR) is 69.7 cm³/mol. The molecule has 0 saturated carbocycles. The minimum Gasteiger partial charge on any atom is -0.312 e. The van der Waals surface area contributed by atoms with Gasteiger partial charge in [0.2, 0.25) is 11.8 Å². The van der Waals surface area contributed by atoms with Crippen LogP contribution in [0, 0.1) is 11.3 Å². The van der Waals surface area contributed by atoms with Crippen molar-refractivity contribution in [2.24, 2.45) is 11.3 Å². The predicted octanol–water partition coefficient (Wildman–Crippen LogP) is 1.15. The van der Waals surface area contributed by atoms with E-state index in [9.17, 15) is 9.59 Å². The summed E-state index contributed by atoms with van der Waals surface area (Å²) in [5.41, 5.74) is -0.677. The number of allylic oxidation sites excluding steroid dienone is 2. The molecule has 98 valence electrons. The zero-order valence-corrected chi connectivity index (χ0v) is 11.1. The van der Waals surface area contributed by atoms with E-state index in [2.05, 4.69) is 31.4 Å². The van der Waals surface area contributed by atoms with Gasteiger partial charge in [-0.15, -0.1) is 0 Å². The fourth-order valence-corrected chi connectivity index (χ4v) is 2.52. The Bertz CT molecular complexity index is 432. The molecular formula is C14H20N2O2.